The molecule has 1 atom stereocenters. The molecule has 0 aromatic carbocycles. The van der Waals surface area contributed by atoms with Gasteiger partial charge in [-0.3, -0.25) is 4.68 Å². The second-order valence-electron chi connectivity index (χ2n) is 3.27. The monoisotopic (exact) mass is 194 g/mol. The number of aryl methyl sites for hydroxylation is 2. The first-order valence-corrected chi connectivity index (χ1v) is 5.08. The molecule has 0 aliphatic heterocycles. The molecule has 1 unspecified atom stereocenters. The maximum Gasteiger partial charge on any atom is 0.0990 e. The average molecular weight is 194 g/mol. The molecule has 0 radical (unpaired) electrons. The third-order valence-electron chi connectivity index (χ3n) is 2.25. The molecule has 3 nitrogen and oxygen atoms in total. The van der Waals surface area contributed by atoms with Crippen molar-refractivity contribution in [1.29, 1.82) is 0 Å². The smallest absolute Gasteiger partial charge is 0.0990 e. The predicted octanol–water partition coefficient (Wildman–Crippen LogP) is 2.07. The Morgan fingerprint density at radius 3 is 2.86 bits per heavy atom. The highest BCUT2D eigenvalue weighted by Gasteiger charge is 2.12. The summed E-state index contributed by atoms with van der Waals surface area (Å²) in [6.07, 6.45) is 2.74. The van der Waals surface area contributed by atoms with Gasteiger partial charge in [0.05, 0.1) is 17.5 Å². The van der Waals surface area contributed by atoms with Crippen LogP contribution in [0.15, 0.2) is 18.7 Å². The summed E-state index contributed by atoms with van der Waals surface area (Å²) in [5, 5.41) is 14.2. The van der Waals surface area contributed by atoms with Crippen molar-refractivity contribution < 1.29 is 5.11 Å². The van der Waals surface area contributed by atoms with Crippen LogP contribution in [0.2, 0.25) is 0 Å². The third kappa shape index (κ3) is 2.23. The maximum absolute atomic E-state index is 9.81. The lowest BCUT2D eigenvalue weighted by molar-refractivity contribution is 0.170. The molecule has 1 rings (SSSR count). The Morgan fingerprint density at radius 2 is 2.36 bits per heavy atom. The van der Waals surface area contributed by atoms with Crippen LogP contribution in [-0.4, -0.2) is 14.9 Å². The molecule has 0 amide bonds. The van der Waals surface area contributed by atoms with E-state index in [0.29, 0.717) is 6.42 Å². The quantitative estimate of drug-likeness (QED) is 0.729. The van der Waals surface area contributed by atoms with Gasteiger partial charge in [-0.2, -0.15) is 5.10 Å². The standard InChI is InChI=1S/C11H18N2O/c1-4-7-11(14)10-8-9(5-2)12-13(10)6-3/h4,8,11,14H,1,5-7H2,2-3H3. The largest absolute Gasteiger partial charge is 0.386 e. The fraction of sp³-hybridized carbons (Fsp3) is 0.545. The van der Waals surface area contributed by atoms with Crippen molar-refractivity contribution in [2.45, 2.75) is 39.3 Å². The number of hydrogen-bond acceptors (Lipinski definition) is 2. The van der Waals surface area contributed by atoms with Crippen molar-refractivity contribution in [3.63, 3.8) is 0 Å². The summed E-state index contributed by atoms with van der Waals surface area (Å²) in [6, 6.07) is 1.97. The minimum atomic E-state index is -0.472. The molecule has 0 spiro atoms. The van der Waals surface area contributed by atoms with Gasteiger partial charge in [-0.05, 0) is 25.8 Å². The van der Waals surface area contributed by atoms with Crippen molar-refractivity contribution in [2.24, 2.45) is 0 Å². The maximum atomic E-state index is 9.81. The summed E-state index contributed by atoms with van der Waals surface area (Å²) in [5.74, 6) is 0. The molecule has 0 aliphatic rings. The summed E-state index contributed by atoms with van der Waals surface area (Å²) in [7, 11) is 0. The zero-order valence-corrected chi connectivity index (χ0v) is 8.90. The van der Waals surface area contributed by atoms with Crippen LogP contribution in [0.25, 0.3) is 0 Å². The number of hydrogen-bond donors (Lipinski definition) is 1. The Kier molecular flexibility index (Phi) is 3.89. The van der Waals surface area contributed by atoms with Crippen LogP contribution < -0.4 is 0 Å². The van der Waals surface area contributed by atoms with Crippen LogP contribution in [0.5, 0.6) is 0 Å². The van der Waals surface area contributed by atoms with Crippen molar-refractivity contribution in [3.8, 4) is 0 Å². The van der Waals surface area contributed by atoms with E-state index in [1.807, 2.05) is 17.7 Å². The Morgan fingerprint density at radius 1 is 1.64 bits per heavy atom. The van der Waals surface area contributed by atoms with Crippen LogP contribution >= 0.6 is 0 Å². The van der Waals surface area contributed by atoms with Gasteiger partial charge in [-0.25, -0.2) is 0 Å². The topological polar surface area (TPSA) is 38.1 Å². The fourth-order valence-electron chi connectivity index (χ4n) is 1.46. The Hall–Kier alpha value is -1.09. The van der Waals surface area contributed by atoms with Crippen LogP contribution in [0.4, 0.5) is 0 Å². The van der Waals surface area contributed by atoms with Crippen molar-refractivity contribution in [1.82, 2.24) is 9.78 Å². The Balaban J connectivity index is 2.92. The van der Waals surface area contributed by atoms with Gasteiger partial charge in [0, 0.05) is 6.54 Å². The summed E-state index contributed by atoms with van der Waals surface area (Å²) in [4.78, 5) is 0. The van der Waals surface area contributed by atoms with Gasteiger partial charge in [-0.1, -0.05) is 13.0 Å². The van der Waals surface area contributed by atoms with Gasteiger partial charge in [0.25, 0.3) is 0 Å². The molecular formula is C11H18N2O. The van der Waals surface area contributed by atoms with E-state index in [2.05, 4.69) is 18.6 Å². The molecule has 0 saturated carbocycles. The number of aliphatic hydroxyl groups is 1. The van der Waals surface area contributed by atoms with E-state index < -0.39 is 6.10 Å². The van der Waals surface area contributed by atoms with E-state index in [-0.39, 0.29) is 0 Å². The van der Waals surface area contributed by atoms with Gasteiger partial charge in [0.2, 0.25) is 0 Å². The van der Waals surface area contributed by atoms with Crippen LogP contribution in [0.1, 0.15) is 37.8 Å². The molecule has 14 heavy (non-hydrogen) atoms. The number of aromatic nitrogens is 2. The average Bonchev–Trinajstić information content (AvgIpc) is 2.61. The molecule has 0 saturated heterocycles. The number of nitrogens with zero attached hydrogens (tertiary/aromatic N) is 2. The lowest BCUT2D eigenvalue weighted by atomic mass is 10.1. The van der Waals surface area contributed by atoms with E-state index in [0.717, 1.165) is 24.4 Å². The molecule has 3 heteroatoms. The molecule has 1 aromatic rings. The van der Waals surface area contributed by atoms with Crippen LogP contribution in [0.3, 0.4) is 0 Å². The normalized spacial score (nSPS) is 12.8. The zero-order chi connectivity index (χ0) is 10.6. The lowest BCUT2D eigenvalue weighted by Gasteiger charge is -2.09. The molecule has 1 N–H and O–H groups in total. The second kappa shape index (κ2) is 4.96. The molecule has 1 heterocycles. The van der Waals surface area contributed by atoms with E-state index >= 15 is 0 Å². The van der Waals surface area contributed by atoms with Crippen LogP contribution in [-0.2, 0) is 13.0 Å². The highest BCUT2D eigenvalue weighted by molar-refractivity contribution is 5.13. The first-order valence-electron chi connectivity index (χ1n) is 5.08. The first-order chi connectivity index (χ1) is 6.72. The molecule has 0 fully saturated rings. The third-order valence-corrected chi connectivity index (χ3v) is 2.25. The molecular weight excluding hydrogens is 176 g/mol. The van der Waals surface area contributed by atoms with Gasteiger partial charge in [0.1, 0.15) is 0 Å². The SMILES string of the molecule is C=CCC(O)c1cc(CC)nn1CC. The number of aliphatic hydroxyl groups excluding tert-OH is 1. The highest BCUT2D eigenvalue weighted by Crippen LogP contribution is 2.18. The van der Waals surface area contributed by atoms with Gasteiger partial charge >= 0.3 is 0 Å². The van der Waals surface area contributed by atoms with Gasteiger partial charge < -0.3 is 5.11 Å². The van der Waals surface area contributed by atoms with Crippen LogP contribution in [0, 0.1) is 0 Å². The second-order valence-corrected chi connectivity index (χ2v) is 3.27. The van der Waals surface area contributed by atoms with E-state index in [1.54, 1.807) is 6.08 Å². The molecule has 1 aromatic heterocycles. The van der Waals surface area contributed by atoms with E-state index in [9.17, 15) is 5.11 Å². The molecule has 78 valence electrons. The summed E-state index contributed by atoms with van der Waals surface area (Å²) in [5.41, 5.74) is 1.93. The summed E-state index contributed by atoms with van der Waals surface area (Å²) >= 11 is 0. The van der Waals surface area contributed by atoms with Gasteiger partial charge in [0.15, 0.2) is 0 Å². The number of rotatable bonds is 5. The van der Waals surface area contributed by atoms with Crippen molar-refractivity contribution in [3.05, 3.63) is 30.1 Å². The Bertz CT molecular complexity index is 304. The lowest BCUT2D eigenvalue weighted by Crippen LogP contribution is -2.07. The molecule has 0 bridgehead atoms. The van der Waals surface area contributed by atoms with E-state index in [4.69, 9.17) is 0 Å². The first kappa shape index (κ1) is 11.0. The summed E-state index contributed by atoms with van der Waals surface area (Å²) in [6.45, 7) is 8.50. The highest BCUT2D eigenvalue weighted by atomic mass is 16.3. The van der Waals surface area contributed by atoms with Crippen molar-refractivity contribution >= 4 is 0 Å². The Labute approximate surface area is 85.1 Å². The summed E-state index contributed by atoms with van der Waals surface area (Å²) < 4.78 is 1.85. The van der Waals surface area contributed by atoms with Gasteiger partial charge in [-0.15, -0.1) is 6.58 Å². The zero-order valence-electron chi connectivity index (χ0n) is 8.90. The molecule has 0 aliphatic carbocycles. The van der Waals surface area contributed by atoms with Crippen molar-refractivity contribution in [2.75, 3.05) is 0 Å². The minimum Gasteiger partial charge on any atom is -0.386 e. The predicted molar refractivity (Wildman–Crippen MR) is 57.1 cm³/mol. The minimum absolute atomic E-state index is 0.472. The fourth-order valence-corrected chi connectivity index (χ4v) is 1.46. The van der Waals surface area contributed by atoms with E-state index in [1.165, 1.54) is 0 Å².